The van der Waals surface area contributed by atoms with Crippen LogP contribution in [0.2, 0.25) is 0 Å². The van der Waals surface area contributed by atoms with Crippen LogP contribution in [0.4, 0.5) is 0 Å². The molecule has 0 radical (unpaired) electrons. The van der Waals surface area contributed by atoms with E-state index in [1.807, 2.05) is 12.1 Å². The molecule has 0 unspecified atom stereocenters. The van der Waals surface area contributed by atoms with Crippen molar-refractivity contribution in [3.05, 3.63) is 47.9 Å². The largest absolute Gasteiger partial charge is 0.438 e. The zero-order valence-corrected chi connectivity index (χ0v) is 12.5. The average Bonchev–Trinajstić information content (AvgIpc) is 3.31. The van der Waals surface area contributed by atoms with E-state index in [0.29, 0.717) is 17.8 Å². The molecule has 1 fully saturated rings. The van der Waals surface area contributed by atoms with Crippen LogP contribution in [0.3, 0.4) is 0 Å². The van der Waals surface area contributed by atoms with Crippen molar-refractivity contribution in [2.75, 3.05) is 0 Å². The summed E-state index contributed by atoms with van der Waals surface area (Å²) in [4.78, 5) is 8.68. The lowest BCUT2D eigenvalue weighted by Crippen LogP contribution is -2.16. The van der Waals surface area contributed by atoms with Crippen LogP contribution in [-0.4, -0.2) is 16.0 Å². The molecule has 3 rings (SSSR count). The lowest BCUT2D eigenvalue weighted by molar-refractivity contribution is 0.458. The zero-order chi connectivity index (χ0) is 14.7. The van der Waals surface area contributed by atoms with Crippen molar-refractivity contribution < 1.29 is 4.74 Å². The molecular formula is C17H21N3O. The van der Waals surface area contributed by atoms with Gasteiger partial charge in [-0.1, -0.05) is 26.0 Å². The van der Waals surface area contributed by atoms with Crippen LogP contribution in [0.5, 0.6) is 11.6 Å². The molecule has 4 heteroatoms. The summed E-state index contributed by atoms with van der Waals surface area (Å²) in [7, 11) is 0. The van der Waals surface area contributed by atoms with Gasteiger partial charge in [0.2, 0.25) is 5.88 Å². The minimum atomic E-state index is 0.525. The maximum Gasteiger partial charge on any atom is 0.237 e. The van der Waals surface area contributed by atoms with Crippen LogP contribution < -0.4 is 10.1 Å². The molecule has 1 aromatic heterocycles. The Balaban J connectivity index is 1.58. The first-order valence-electron chi connectivity index (χ1n) is 7.53. The predicted molar refractivity (Wildman–Crippen MR) is 82.5 cm³/mol. The SMILES string of the molecule is CC(C)c1ccc(Oc2cnc(CNC3CC3)cn2)cc1. The number of hydrogen-bond acceptors (Lipinski definition) is 4. The van der Waals surface area contributed by atoms with Gasteiger partial charge in [0.15, 0.2) is 0 Å². The van der Waals surface area contributed by atoms with Gasteiger partial charge in [0.05, 0.1) is 18.1 Å². The molecule has 0 atom stereocenters. The number of benzene rings is 1. The fourth-order valence-corrected chi connectivity index (χ4v) is 2.06. The molecule has 0 bridgehead atoms. The summed E-state index contributed by atoms with van der Waals surface area (Å²) in [6.07, 6.45) is 6.01. The van der Waals surface area contributed by atoms with Gasteiger partial charge < -0.3 is 10.1 Å². The summed E-state index contributed by atoms with van der Waals surface area (Å²) in [6.45, 7) is 5.13. The van der Waals surface area contributed by atoms with Crippen molar-refractivity contribution in [2.24, 2.45) is 0 Å². The third-order valence-corrected chi connectivity index (χ3v) is 3.60. The number of aromatic nitrogens is 2. The van der Waals surface area contributed by atoms with Crippen molar-refractivity contribution >= 4 is 0 Å². The minimum Gasteiger partial charge on any atom is -0.438 e. The summed E-state index contributed by atoms with van der Waals surface area (Å²) < 4.78 is 5.71. The summed E-state index contributed by atoms with van der Waals surface area (Å²) in [5.41, 5.74) is 2.25. The van der Waals surface area contributed by atoms with Crippen LogP contribution in [0.15, 0.2) is 36.7 Å². The Morgan fingerprint density at radius 1 is 1.14 bits per heavy atom. The van der Waals surface area contributed by atoms with Crippen molar-refractivity contribution in [3.63, 3.8) is 0 Å². The Hall–Kier alpha value is -1.94. The van der Waals surface area contributed by atoms with E-state index in [2.05, 4.69) is 41.3 Å². The molecule has 1 heterocycles. The topological polar surface area (TPSA) is 47.0 Å². The fourth-order valence-electron chi connectivity index (χ4n) is 2.06. The van der Waals surface area contributed by atoms with Gasteiger partial charge in [-0.3, -0.25) is 4.98 Å². The number of nitrogens with one attached hydrogen (secondary N) is 1. The smallest absolute Gasteiger partial charge is 0.237 e. The van der Waals surface area contributed by atoms with E-state index in [1.165, 1.54) is 18.4 Å². The number of rotatable bonds is 6. The summed E-state index contributed by atoms with van der Waals surface area (Å²) in [5, 5.41) is 3.42. The van der Waals surface area contributed by atoms with Crippen LogP contribution in [0, 0.1) is 0 Å². The van der Waals surface area contributed by atoms with Crippen molar-refractivity contribution in [2.45, 2.75) is 45.2 Å². The number of nitrogens with zero attached hydrogens (tertiary/aromatic N) is 2. The van der Waals surface area contributed by atoms with Crippen molar-refractivity contribution in [1.29, 1.82) is 0 Å². The Labute approximate surface area is 125 Å². The van der Waals surface area contributed by atoms with E-state index in [9.17, 15) is 0 Å². The maximum absolute atomic E-state index is 5.71. The maximum atomic E-state index is 5.71. The lowest BCUT2D eigenvalue weighted by atomic mass is 10.0. The normalized spacial score (nSPS) is 14.4. The molecule has 0 aliphatic heterocycles. The van der Waals surface area contributed by atoms with E-state index < -0.39 is 0 Å². The minimum absolute atomic E-state index is 0.525. The van der Waals surface area contributed by atoms with Crippen molar-refractivity contribution in [3.8, 4) is 11.6 Å². The highest BCUT2D eigenvalue weighted by molar-refractivity contribution is 5.31. The first-order chi connectivity index (χ1) is 10.2. The molecule has 1 saturated carbocycles. The highest BCUT2D eigenvalue weighted by Gasteiger charge is 2.20. The molecule has 4 nitrogen and oxygen atoms in total. The second kappa shape index (κ2) is 6.22. The van der Waals surface area contributed by atoms with Gasteiger partial charge in [-0.25, -0.2) is 4.98 Å². The first-order valence-corrected chi connectivity index (χ1v) is 7.53. The van der Waals surface area contributed by atoms with Gasteiger partial charge in [0.25, 0.3) is 0 Å². The van der Waals surface area contributed by atoms with Gasteiger partial charge in [0.1, 0.15) is 5.75 Å². The molecule has 1 aliphatic rings. The second-order valence-corrected chi connectivity index (χ2v) is 5.83. The highest BCUT2D eigenvalue weighted by Crippen LogP contribution is 2.22. The Kier molecular flexibility index (Phi) is 4.15. The quantitative estimate of drug-likeness (QED) is 0.879. The third-order valence-electron chi connectivity index (χ3n) is 3.60. The van der Waals surface area contributed by atoms with Gasteiger partial charge in [-0.05, 0) is 36.5 Å². The molecule has 2 aromatic rings. The zero-order valence-electron chi connectivity index (χ0n) is 12.5. The van der Waals surface area contributed by atoms with Crippen LogP contribution in [0.1, 0.15) is 43.9 Å². The van der Waals surface area contributed by atoms with Gasteiger partial charge in [0, 0.05) is 12.6 Å². The van der Waals surface area contributed by atoms with Gasteiger partial charge in [-0.15, -0.1) is 0 Å². The highest BCUT2D eigenvalue weighted by atomic mass is 16.5. The molecule has 0 saturated heterocycles. The lowest BCUT2D eigenvalue weighted by Gasteiger charge is -2.08. The second-order valence-electron chi connectivity index (χ2n) is 5.83. The molecular weight excluding hydrogens is 262 g/mol. The van der Waals surface area contributed by atoms with Crippen LogP contribution in [0.25, 0.3) is 0 Å². The third kappa shape index (κ3) is 4.02. The van der Waals surface area contributed by atoms with Crippen LogP contribution in [-0.2, 0) is 6.54 Å². The molecule has 1 aliphatic carbocycles. The first kappa shape index (κ1) is 14.0. The summed E-state index contributed by atoms with van der Waals surface area (Å²) in [5.74, 6) is 1.84. The van der Waals surface area contributed by atoms with E-state index in [0.717, 1.165) is 18.0 Å². The van der Waals surface area contributed by atoms with Gasteiger partial charge in [-0.2, -0.15) is 0 Å². The summed E-state index contributed by atoms with van der Waals surface area (Å²) >= 11 is 0. The molecule has 0 spiro atoms. The fraction of sp³-hybridized carbons (Fsp3) is 0.412. The Bertz CT molecular complexity index is 574. The van der Waals surface area contributed by atoms with Gasteiger partial charge >= 0.3 is 0 Å². The molecule has 110 valence electrons. The monoisotopic (exact) mass is 283 g/mol. The predicted octanol–water partition coefficient (Wildman–Crippen LogP) is 3.64. The van der Waals surface area contributed by atoms with Crippen LogP contribution >= 0.6 is 0 Å². The standard InChI is InChI=1S/C17H21N3O/c1-12(2)13-3-7-16(8-4-13)21-17-11-19-15(10-20-17)9-18-14-5-6-14/h3-4,7-8,10-12,14,18H,5-6,9H2,1-2H3. The van der Waals surface area contributed by atoms with E-state index in [1.54, 1.807) is 12.4 Å². The van der Waals surface area contributed by atoms with E-state index in [-0.39, 0.29) is 0 Å². The van der Waals surface area contributed by atoms with E-state index >= 15 is 0 Å². The van der Waals surface area contributed by atoms with Crippen molar-refractivity contribution in [1.82, 2.24) is 15.3 Å². The Morgan fingerprint density at radius 2 is 1.90 bits per heavy atom. The van der Waals surface area contributed by atoms with E-state index in [4.69, 9.17) is 4.74 Å². The number of hydrogen-bond donors (Lipinski definition) is 1. The molecule has 1 aromatic carbocycles. The molecule has 0 amide bonds. The molecule has 21 heavy (non-hydrogen) atoms. The number of ether oxygens (including phenoxy) is 1. The average molecular weight is 283 g/mol. The Morgan fingerprint density at radius 3 is 2.48 bits per heavy atom. The summed E-state index contributed by atoms with van der Waals surface area (Å²) in [6, 6.07) is 8.80. The molecule has 1 N–H and O–H groups in total.